The Morgan fingerprint density at radius 1 is 1.45 bits per heavy atom. The molecule has 62 valence electrons. The van der Waals surface area contributed by atoms with Gasteiger partial charge >= 0.3 is 0 Å². The van der Waals surface area contributed by atoms with Crippen molar-refractivity contribution in [2.75, 3.05) is 5.88 Å². The molecule has 0 aromatic carbocycles. The first-order valence-corrected chi connectivity index (χ1v) is 4.25. The van der Waals surface area contributed by atoms with E-state index in [1.54, 1.807) is 0 Å². The normalized spacial score (nSPS) is 12.3. The van der Waals surface area contributed by atoms with Gasteiger partial charge in [-0.3, -0.25) is 0 Å². The van der Waals surface area contributed by atoms with Crippen LogP contribution in [-0.2, 0) is 0 Å². The Labute approximate surface area is 74.6 Å². The van der Waals surface area contributed by atoms with Crippen LogP contribution in [0.2, 0.25) is 0 Å². The lowest BCUT2D eigenvalue weighted by Crippen LogP contribution is -1.99. The molecule has 0 aromatic rings. The van der Waals surface area contributed by atoms with Gasteiger partial charge in [-0.05, 0) is 33.3 Å². The number of allylic oxidation sites excluding steroid dienone is 2. The molecule has 0 rings (SSSR count). The van der Waals surface area contributed by atoms with Crippen molar-refractivity contribution in [3.63, 3.8) is 0 Å². The van der Waals surface area contributed by atoms with Gasteiger partial charge in [0.2, 0.25) is 0 Å². The molecule has 0 N–H and O–H groups in total. The molecule has 0 aliphatic heterocycles. The first-order chi connectivity index (χ1) is 4.95. The SMILES string of the molecule is C/C(C#CC(C)(C)C)=C\CCl. The highest BCUT2D eigenvalue weighted by molar-refractivity contribution is 6.18. The second-order valence-corrected chi connectivity index (χ2v) is 3.85. The van der Waals surface area contributed by atoms with E-state index in [4.69, 9.17) is 11.6 Å². The number of alkyl halides is 1. The third-order valence-electron chi connectivity index (χ3n) is 1.02. The summed E-state index contributed by atoms with van der Waals surface area (Å²) in [5.41, 5.74) is 1.14. The third-order valence-corrected chi connectivity index (χ3v) is 1.17. The Morgan fingerprint density at radius 2 is 2.00 bits per heavy atom. The van der Waals surface area contributed by atoms with Crippen LogP contribution >= 0.6 is 11.6 Å². The molecule has 0 saturated carbocycles. The fraction of sp³-hybridized carbons (Fsp3) is 0.600. The standard InChI is InChI=1S/C10H15Cl/c1-9(6-8-11)5-7-10(2,3)4/h6H,8H2,1-4H3/b9-6+. The zero-order valence-electron chi connectivity index (χ0n) is 7.66. The van der Waals surface area contributed by atoms with Gasteiger partial charge in [0.25, 0.3) is 0 Å². The third kappa shape index (κ3) is 7.49. The second kappa shape index (κ2) is 4.46. The Kier molecular flexibility index (Phi) is 4.30. The van der Waals surface area contributed by atoms with Gasteiger partial charge in [-0.15, -0.1) is 11.6 Å². The van der Waals surface area contributed by atoms with Gasteiger partial charge in [0.05, 0.1) is 0 Å². The van der Waals surface area contributed by atoms with E-state index in [-0.39, 0.29) is 5.41 Å². The Bertz CT molecular complexity index is 195. The van der Waals surface area contributed by atoms with Gasteiger partial charge in [-0.25, -0.2) is 0 Å². The minimum absolute atomic E-state index is 0.0847. The van der Waals surface area contributed by atoms with E-state index in [1.165, 1.54) is 0 Å². The summed E-state index contributed by atoms with van der Waals surface area (Å²) in [4.78, 5) is 0. The van der Waals surface area contributed by atoms with Crippen LogP contribution in [0.3, 0.4) is 0 Å². The van der Waals surface area contributed by atoms with Crippen LogP contribution in [0.25, 0.3) is 0 Å². The van der Waals surface area contributed by atoms with E-state index in [2.05, 4.69) is 32.6 Å². The van der Waals surface area contributed by atoms with Gasteiger partial charge in [0, 0.05) is 11.3 Å². The summed E-state index contributed by atoms with van der Waals surface area (Å²) in [7, 11) is 0. The topological polar surface area (TPSA) is 0 Å². The minimum Gasteiger partial charge on any atom is -0.122 e. The maximum absolute atomic E-state index is 5.50. The lowest BCUT2D eigenvalue weighted by Gasteiger charge is -2.06. The van der Waals surface area contributed by atoms with Gasteiger partial charge < -0.3 is 0 Å². The molecule has 11 heavy (non-hydrogen) atoms. The number of halogens is 1. The second-order valence-electron chi connectivity index (χ2n) is 3.54. The van der Waals surface area contributed by atoms with E-state index >= 15 is 0 Å². The van der Waals surface area contributed by atoms with Crippen molar-refractivity contribution in [1.29, 1.82) is 0 Å². The van der Waals surface area contributed by atoms with E-state index in [9.17, 15) is 0 Å². The smallest absolute Gasteiger partial charge is 0.0415 e. The Hall–Kier alpha value is -0.410. The highest BCUT2D eigenvalue weighted by Gasteiger charge is 2.02. The van der Waals surface area contributed by atoms with E-state index < -0.39 is 0 Å². The van der Waals surface area contributed by atoms with Crippen molar-refractivity contribution >= 4 is 11.6 Å². The van der Waals surface area contributed by atoms with E-state index in [0.29, 0.717) is 5.88 Å². The summed E-state index contributed by atoms with van der Waals surface area (Å²) in [6.45, 7) is 8.25. The monoisotopic (exact) mass is 170 g/mol. The molecule has 0 radical (unpaired) electrons. The number of hydrogen-bond donors (Lipinski definition) is 0. The zero-order chi connectivity index (χ0) is 8.91. The fourth-order valence-corrected chi connectivity index (χ4v) is 0.684. The molecule has 0 saturated heterocycles. The van der Waals surface area contributed by atoms with Gasteiger partial charge in [0.1, 0.15) is 0 Å². The van der Waals surface area contributed by atoms with Crippen molar-refractivity contribution in [1.82, 2.24) is 0 Å². The molecule has 0 aromatic heterocycles. The molecular formula is C10H15Cl. The fourth-order valence-electron chi connectivity index (χ4n) is 0.453. The van der Waals surface area contributed by atoms with Crippen molar-refractivity contribution in [3.8, 4) is 11.8 Å². The van der Waals surface area contributed by atoms with Crippen LogP contribution in [0.1, 0.15) is 27.7 Å². The molecule has 0 bridgehead atoms. The van der Waals surface area contributed by atoms with Crippen LogP contribution < -0.4 is 0 Å². The first kappa shape index (κ1) is 10.6. The average molecular weight is 171 g/mol. The van der Waals surface area contributed by atoms with Crippen molar-refractivity contribution in [2.45, 2.75) is 27.7 Å². The molecule has 0 heterocycles. The van der Waals surface area contributed by atoms with Crippen LogP contribution in [-0.4, -0.2) is 5.88 Å². The molecule has 0 unspecified atom stereocenters. The van der Waals surface area contributed by atoms with E-state index in [0.717, 1.165) is 5.57 Å². The lowest BCUT2D eigenvalue weighted by molar-refractivity contribution is 0.571. The van der Waals surface area contributed by atoms with Gasteiger partial charge in [0.15, 0.2) is 0 Å². The Morgan fingerprint density at radius 3 is 2.36 bits per heavy atom. The molecule has 0 aliphatic carbocycles. The number of rotatable bonds is 1. The van der Waals surface area contributed by atoms with Crippen molar-refractivity contribution in [3.05, 3.63) is 11.6 Å². The molecule has 0 amide bonds. The predicted molar refractivity (Wildman–Crippen MR) is 51.7 cm³/mol. The maximum Gasteiger partial charge on any atom is 0.0415 e. The van der Waals surface area contributed by atoms with Crippen LogP contribution in [0.4, 0.5) is 0 Å². The highest BCUT2D eigenvalue weighted by Crippen LogP contribution is 2.10. The average Bonchev–Trinajstić information content (AvgIpc) is 1.83. The lowest BCUT2D eigenvalue weighted by atomic mass is 9.97. The maximum atomic E-state index is 5.50. The van der Waals surface area contributed by atoms with Crippen molar-refractivity contribution < 1.29 is 0 Å². The first-order valence-electron chi connectivity index (χ1n) is 3.71. The molecule has 0 aliphatic rings. The zero-order valence-corrected chi connectivity index (χ0v) is 8.42. The quantitative estimate of drug-likeness (QED) is 0.419. The summed E-state index contributed by atoms with van der Waals surface area (Å²) in [5, 5.41) is 0. The van der Waals surface area contributed by atoms with Gasteiger partial charge in [-0.2, -0.15) is 0 Å². The summed E-state index contributed by atoms with van der Waals surface area (Å²) in [6.07, 6.45) is 1.92. The molecule has 1 heteroatoms. The van der Waals surface area contributed by atoms with Crippen molar-refractivity contribution in [2.24, 2.45) is 5.41 Å². The molecular weight excluding hydrogens is 156 g/mol. The van der Waals surface area contributed by atoms with Crippen LogP contribution in [0.5, 0.6) is 0 Å². The summed E-state index contributed by atoms with van der Waals surface area (Å²) in [5.74, 6) is 6.73. The number of hydrogen-bond acceptors (Lipinski definition) is 0. The summed E-state index contributed by atoms with van der Waals surface area (Å²) < 4.78 is 0. The largest absolute Gasteiger partial charge is 0.122 e. The molecule has 0 spiro atoms. The Balaban J connectivity index is 4.19. The van der Waals surface area contributed by atoms with Gasteiger partial charge in [-0.1, -0.05) is 17.9 Å². The highest BCUT2D eigenvalue weighted by atomic mass is 35.5. The predicted octanol–water partition coefficient (Wildman–Crippen LogP) is 3.22. The molecule has 0 nitrogen and oxygen atoms in total. The molecule has 0 atom stereocenters. The van der Waals surface area contributed by atoms with Crippen LogP contribution in [0.15, 0.2) is 11.6 Å². The van der Waals surface area contributed by atoms with Crippen LogP contribution in [0, 0.1) is 17.3 Å². The summed E-state index contributed by atoms with van der Waals surface area (Å²) in [6, 6.07) is 0. The van der Waals surface area contributed by atoms with E-state index in [1.807, 2.05) is 13.0 Å². The summed E-state index contributed by atoms with van der Waals surface area (Å²) >= 11 is 5.50. The minimum atomic E-state index is 0.0847. The molecule has 0 fully saturated rings.